The molecule has 10 heteroatoms. The van der Waals surface area contributed by atoms with Crippen molar-refractivity contribution in [3.8, 4) is 0 Å². The summed E-state index contributed by atoms with van der Waals surface area (Å²) in [7, 11) is -4.13. The van der Waals surface area contributed by atoms with Crippen molar-refractivity contribution in [3.05, 3.63) is 93.5 Å². The summed E-state index contributed by atoms with van der Waals surface area (Å²) in [6.07, 6.45) is 1.04. The molecule has 0 radical (unpaired) electrons. The van der Waals surface area contributed by atoms with Gasteiger partial charge in [-0.1, -0.05) is 67.4 Å². The summed E-state index contributed by atoms with van der Waals surface area (Å²) in [5, 5.41) is 3.65. The number of hydrogen-bond donors (Lipinski definition) is 1. The van der Waals surface area contributed by atoms with Gasteiger partial charge in [-0.05, 0) is 86.7 Å². The predicted molar refractivity (Wildman–Crippen MR) is 166 cm³/mol. The molecule has 41 heavy (non-hydrogen) atoms. The molecule has 0 unspecified atom stereocenters. The van der Waals surface area contributed by atoms with Gasteiger partial charge in [-0.3, -0.25) is 13.9 Å². The second kappa shape index (κ2) is 14.2. The SMILES string of the molecule is CC[C@H](C)NC(=O)[C@H](CC)N(Cc1ccc(Cl)c(Cl)c1)C(=O)CN(c1cc(C)cc(C)c1)S(=O)(=O)c1ccccc1. The molecule has 0 aliphatic rings. The molecule has 7 nitrogen and oxygen atoms in total. The number of hydrogen-bond acceptors (Lipinski definition) is 4. The van der Waals surface area contributed by atoms with E-state index in [9.17, 15) is 18.0 Å². The number of carbonyl (C=O) groups excluding carboxylic acids is 2. The van der Waals surface area contributed by atoms with E-state index in [2.05, 4.69) is 5.32 Å². The highest BCUT2D eigenvalue weighted by Crippen LogP contribution is 2.28. The first-order valence-electron chi connectivity index (χ1n) is 13.6. The normalized spacial score (nSPS) is 12.9. The predicted octanol–water partition coefficient (Wildman–Crippen LogP) is 6.53. The summed E-state index contributed by atoms with van der Waals surface area (Å²) in [4.78, 5) is 29.0. The van der Waals surface area contributed by atoms with Gasteiger partial charge in [0.2, 0.25) is 11.8 Å². The Morgan fingerprint density at radius 1 is 0.878 bits per heavy atom. The first-order valence-corrected chi connectivity index (χ1v) is 15.8. The van der Waals surface area contributed by atoms with Crippen LogP contribution in [0.1, 0.15) is 50.3 Å². The van der Waals surface area contributed by atoms with Crippen molar-refractivity contribution in [2.24, 2.45) is 0 Å². The van der Waals surface area contributed by atoms with Gasteiger partial charge in [-0.15, -0.1) is 0 Å². The molecule has 2 atom stereocenters. The third-order valence-corrected chi connectivity index (χ3v) is 9.36. The van der Waals surface area contributed by atoms with Gasteiger partial charge in [0, 0.05) is 12.6 Å². The minimum Gasteiger partial charge on any atom is -0.352 e. The molecule has 0 aliphatic carbocycles. The maximum Gasteiger partial charge on any atom is 0.264 e. The van der Waals surface area contributed by atoms with Crippen LogP contribution in [0.25, 0.3) is 0 Å². The van der Waals surface area contributed by atoms with Crippen LogP contribution in [0.15, 0.2) is 71.6 Å². The fourth-order valence-electron chi connectivity index (χ4n) is 4.54. The largest absolute Gasteiger partial charge is 0.352 e. The van der Waals surface area contributed by atoms with E-state index >= 15 is 0 Å². The smallest absolute Gasteiger partial charge is 0.264 e. The lowest BCUT2D eigenvalue weighted by molar-refractivity contribution is -0.140. The summed E-state index contributed by atoms with van der Waals surface area (Å²) in [6.45, 7) is 8.94. The Morgan fingerprint density at radius 3 is 2.07 bits per heavy atom. The first kappa shape index (κ1) is 32.4. The minimum absolute atomic E-state index is 0.0359. The van der Waals surface area contributed by atoms with Gasteiger partial charge in [-0.25, -0.2) is 8.42 Å². The van der Waals surface area contributed by atoms with Crippen LogP contribution in [0, 0.1) is 13.8 Å². The molecule has 1 N–H and O–H groups in total. The summed E-state index contributed by atoms with van der Waals surface area (Å²) < 4.78 is 29.0. The number of halogens is 2. The molecule has 0 aliphatic heterocycles. The highest BCUT2D eigenvalue weighted by molar-refractivity contribution is 7.92. The average molecular weight is 619 g/mol. The monoisotopic (exact) mass is 617 g/mol. The molecule has 0 bridgehead atoms. The van der Waals surface area contributed by atoms with Gasteiger partial charge < -0.3 is 10.2 Å². The summed E-state index contributed by atoms with van der Waals surface area (Å²) in [5.74, 6) is -0.833. The molecule has 0 heterocycles. The van der Waals surface area contributed by atoms with Gasteiger partial charge in [0.1, 0.15) is 12.6 Å². The topological polar surface area (TPSA) is 86.8 Å². The van der Waals surface area contributed by atoms with Crippen LogP contribution in [-0.2, 0) is 26.2 Å². The number of benzene rings is 3. The zero-order valence-corrected chi connectivity index (χ0v) is 26.4. The van der Waals surface area contributed by atoms with Gasteiger partial charge >= 0.3 is 0 Å². The molecule has 0 spiro atoms. The van der Waals surface area contributed by atoms with E-state index in [0.29, 0.717) is 27.7 Å². The molecule has 0 fully saturated rings. The van der Waals surface area contributed by atoms with Crippen molar-refractivity contribution in [1.29, 1.82) is 0 Å². The lowest BCUT2D eigenvalue weighted by Gasteiger charge is -2.34. The second-order valence-electron chi connectivity index (χ2n) is 10.2. The van der Waals surface area contributed by atoms with Crippen LogP contribution in [0.3, 0.4) is 0 Å². The third kappa shape index (κ3) is 8.24. The van der Waals surface area contributed by atoms with E-state index in [0.717, 1.165) is 21.9 Å². The number of sulfonamides is 1. The average Bonchev–Trinajstić information content (AvgIpc) is 2.93. The van der Waals surface area contributed by atoms with Gasteiger partial charge in [0.05, 0.1) is 20.6 Å². The van der Waals surface area contributed by atoms with Crippen LogP contribution in [0.2, 0.25) is 10.0 Å². The number of aryl methyl sites for hydroxylation is 2. The van der Waals surface area contributed by atoms with Crippen LogP contribution >= 0.6 is 23.2 Å². The zero-order chi connectivity index (χ0) is 30.3. The Kier molecular flexibility index (Phi) is 11.2. The van der Waals surface area contributed by atoms with Crippen molar-refractivity contribution < 1.29 is 18.0 Å². The Hall–Kier alpha value is -3.07. The number of carbonyl (C=O) groups is 2. The van der Waals surface area contributed by atoms with Gasteiger partial charge in [0.25, 0.3) is 10.0 Å². The summed E-state index contributed by atoms with van der Waals surface area (Å²) in [6, 6.07) is 17.5. The number of nitrogens with one attached hydrogen (secondary N) is 1. The number of amides is 2. The van der Waals surface area contributed by atoms with Crippen molar-refractivity contribution in [2.75, 3.05) is 10.8 Å². The van der Waals surface area contributed by atoms with Gasteiger partial charge in [0.15, 0.2) is 0 Å². The van der Waals surface area contributed by atoms with E-state index in [1.54, 1.807) is 48.5 Å². The quantitative estimate of drug-likeness (QED) is 0.250. The summed E-state index contributed by atoms with van der Waals surface area (Å²) in [5.41, 5.74) is 2.73. The van der Waals surface area contributed by atoms with Crippen molar-refractivity contribution in [1.82, 2.24) is 10.2 Å². The fraction of sp³-hybridized carbons (Fsp3) is 0.355. The second-order valence-corrected chi connectivity index (χ2v) is 12.9. The Morgan fingerprint density at radius 2 is 1.51 bits per heavy atom. The van der Waals surface area contributed by atoms with E-state index in [4.69, 9.17) is 23.2 Å². The highest BCUT2D eigenvalue weighted by atomic mass is 35.5. The number of rotatable bonds is 12. The maximum atomic E-state index is 14.2. The van der Waals surface area contributed by atoms with Gasteiger partial charge in [-0.2, -0.15) is 0 Å². The summed E-state index contributed by atoms with van der Waals surface area (Å²) >= 11 is 12.4. The molecule has 0 saturated heterocycles. The Bertz CT molecular complexity index is 1460. The first-order chi connectivity index (χ1) is 19.4. The lowest BCUT2D eigenvalue weighted by atomic mass is 10.1. The van der Waals surface area contributed by atoms with E-state index in [1.165, 1.54) is 17.0 Å². The minimum atomic E-state index is -4.13. The van der Waals surface area contributed by atoms with E-state index in [1.807, 2.05) is 40.7 Å². The van der Waals surface area contributed by atoms with Crippen LogP contribution in [0.5, 0.6) is 0 Å². The molecule has 3 aromatic rings. The van der Waals surface area contributed by atoms with E-state index in [-0.39, 0.29) is 23.4 Å². The Balaban J connectivity index is 2.10. The molecule has 220 valence electrons. The number of nitrogens with zero attached hydrogens (tertiary/aromatic N) is 2. The zero-order valence-electron chi connectivity index (χ0n) is 24.0. The standard InChI is InChI=1S/C31H37Cl2N3O4S/c1-6-23(5)34-31(38)29(7-2)35(19-24-13-14-27(32)28(33)18-24)30(37)20-36(25-16-21(3)15-22(4)17-25)41(39,40)26-11-9-8-10-12-26/h8-18,23,29H,6-7,19-20H2,1-5H3,(H,34,38)/t23-,29-/m0/s1. The molecule has 0 aromatic heterocycles. The van der Waals surface area contributed by atoms with Crippen molar-refractivity contribution in [2.45, 2.75) is 71.0 Å². The Labute approximate surface area is 253 Å². The van der Waals surface area contributed by atoms with Crippen molar-refractivity contribution in [3.63, 3.8) is 0 Å². The van der Waals surface area contributed by atoms with Crippen LogP contribution < -0.4 is 9.62 Å². The lowest BCUT2D eigenvalue weighted by Crippen LogP contribution is -2.53. The maximum absolute atomic E-state index is 14.2. The van der Waals surface area contributed by atoms with Crippen LogP contribution in [-0.4, -0.2) is 43.8 Å². The molecular weight excluding hydrogens is 581 g/mol. The third-order valence-electron chi connectivity index (χ3n) is 6.83. The van der Waals surface area contributed by atoms with Crippen molar-refractivity contribution >= 4 is 50.7 Å². The molecule has 2 amide bonds. The number of anilines is 1. The molecular formula is C31H37Cl2N3O4S. The molecule has 0 saturated carbocycles. The van der Waals surface area contributed by atoms with E-state index < -0.39 is 28.5 Å². The molecule has 3 aromatic carbocycles. The fourth-order valence-corrected chi connectivity index (χ4v) is 6.28. The molecule has 3 rings (SSSR count). The highest BCUT2D eigenvalue weighted by Gasteiger charge is 2.34. The van der Waals surface area contributed by atoms with Crippen LogP contribution in [0.4, 0.5) is 5.69 Å².